The van der Waals surface area contributed by atoms with Crippen molar-refractivity contribution in [2.24, 2.45) is 5.92 Å². The zero-order valence-electron chi connectivity index (χ0n) is 17.3. The van der Waals surface area contributed by atoms with E-state index in [1.54, 1.807) is 0 Å². The topological polar surface area (TPSA) is 48.1 Å². The van der Waals surface area contributed by atoms with Crippen molar-refractivity contribution in [3.8, 4) is 0 Å². The molecule has 28 heavy (non-hydrogen) atoms. The molecule has 6 nitrogen and oxygen atoms in total. The van der Waals surface area contributed by atoms with Crippen LogP contribution in [0.4, 0.5) is 16.2 Å². The van der Waals surface area contributed by atoms with Crippen molar-refractivity contribution in [3.63, 3.8) is 0 Å². The number of rotatable bonds is 4. The molecule has 4 rings (SSSR count). The van der Waals surface area contributed by atoms with E-state index in [-0.39, 0.29) is 12.1 Å². The normalized spacial score (nSPS) is 23.9. The van der Waals surface area contributed by atoms with Gasteiger partial charge in [0.2, 0.25) is 0 Å². The molecule has 2 amide bonds. The lowest BCUT2D eigenvalue weighted by Crippen LogP contribution is -2.53. The number of carbonyl (C=O) groups is 1. The third-order valence-electron chi connectivity index (χ3n) is 6.15. The monoisotopic (exact) mass is 386 g/mol. The summed E-state index contributed by atoms with van der Waals surface area (Å²) in [4.78, 5) is 20.0. The summed E-state index contributed by atoms with van der Waals surface area (Å²) < 4.78 is 5.54. The Kier molecular flexibility index (Phi) is 6.07. The number of ether oxygens (including phenoxy) is 1. The number of hydrogen-bond acceptors (Lipinski definition) is 4. The molecule has 3 aliphatic rings. The highest BCUT2D eigenvalue weighted by Crippen LogP contribution is 2.36. The van der Waals surface area contributed by atoms with Crippen LogP contribution in [0.5, 0.6) is 0 Å². The van der Waals surface area contributed by atoms with E-state index in [9.17, 15) is 4.79 Å². The number of urea groups is 1. The molecule has 0 radical (unpaired) electrons. The molecule has 3 heterocycles. The Morgan fingerprint density at radius 2 is 1.86 bits per heavy atom. The molecule has 3 aliphatic heterocycles. The van der Waals surface area contributed by atoms with E-state index in [2.05, 4.69) is 47.2 Å². The molecule has 2 fully saturated rings. The first-order valence-electron chi connectivity index (χ1n) is 10.9. The van der Waals surface area contributed by atoms with Gasteiger partial charge in [0.25, 0.3) is 0 Å². The van der Waals surface area contributed by atoms with Crippen LogP contribution < -0.4 is 15.1 Å². The summed E-state index contributed by atoms with van der Waals surface area (Å²) in [5.41, 5.74) is 2.22. The Bertz CT molecular complexity index is 674. The van der Waals surface area contributed by atoms with Crippen molar-refractivity contribution < 1.29 is 9.53 Å². The maximum atomic E-state index is 13.1. The van der Waals surface area contributed by atoms with Crippen LogP contribution >= 0.6 is 0 Å². The van der Waals surface area contributed by atoms with Gasteiger partial charge in [0.05, 0.1) is 11.4 Å². The van der Waals surface area contributed by atoms with Gasteiger partial charge in [-0.3, -0.25) is 4.90 Å². The molecule has 0 bridgehead atoms. The highest BCUT2D eigenvalue weighted by Gasteiger charge is 2.33. The minimum atomic E-state index is 0.0514. The number of benzene rings is 1. The Balaban J connectivity index is 1.42. The maximum absolute atomic E-state index is 13.1. The van der Waals surface area contributed by atoms with Crippen LogP contribution in [0.3, 0.4) is 0 Å². The third kappa shape index (κ3) is 4.28. The Hall–Kier alpha value is -1.79. The number of amides is 2. The summed E-state index contributed by atoms with van der Waals surface area (Å²) in [6.45, 7) is 11.0. The second-order valence-electron chi connectivity index (χ2n) is 8.77. The first kappa shape index (κ1) is 19.5. The van der Waals surface area contributed by atoms with Crippen LogP contribution in [-0.2, 0) is 4.74 Å². The summed E-state index contributed by atoms with van der Waals surface area (Å²) in [7, 11) is 0. The first-order chi connectivity index (χ1) is 13.6. The molecular formula is C22H34N4O2. The predicted molar refractivity (Wildman–Crippen MR) is 113 cm³/mol. The Morgan fingerprint density at radius 3 is 2.61 bits per heavy atom. The molecule has 0 aromatic heterocycles. The van der Waals surface area contributed by atoms with Gasteiger partial charge < -0.3 is 19.9 Å². The lowest BCUT2D eigenvalue weighted by molar-refractivity contribution is 0.0844. The predicted octanol–water partition coefficient (Wildman–Crippen LogP) is 2.93. The fourth-order valence-electron chi connectivity index (χ4n) is 4.86. The Morgan fingerprint density at radius 1 is 1.11 bits per heavy atom. The third-order valence-corrected chi connectivity index (χ3v) is 6.15. The minimum Gasteiger partial charge on any atom is -0.381 e. The van der Waals surface area contributed by atoms with Crippen LogP contribution in [0.2, 0.25) is 0 Å². The van der Waals surface area contributed by atoms with Crippen molar-refractivity contribution in [3.05, 3.63) is 24.3 Å². The van der Waals surface area contributed by atoms with Crippen LogP contribution in [0, 0.1) is 5.92 Å². The van der Waals surface area contributed by atoms with Gasteiger partial charge in [0.15, 0.2) is 0 Å². The van der Waals surface area contributed by atoms with Crippen molar-refractivity contribution in [2.45, 2.75) is 45.2 Å². The van der Waals surface area contributed by atoms with Gasteiger partial charge >= 0.3 is 6.03 Å². The standard InChI is InChI=1S/C22H34N4O2/c1-17(2)15-24-10-7-18(16-24)23-22(27)26-12-11-25(19-8-13-28-14-9-19)20-5-3-4-6-21(20)26/h3-6,17-19H,7-16H2,1-2H3,(H,23,27)/t18-/m1/s1. The summed E-state index contributed by atoms with van der Waals surface area (Å²) in [5, 5.41) is 3.29. The molecule has 1 aromatic carbocycles. The molecule has 0 unspecified atom stereocenters. The number of anilines is 2. The molecule has 6 heteroatoms. The van der Waals surface area contributed by atoms with E-state index < -0.39 is 0 Å². The number of carbonyl (C=O) groups excluding carboxylic acids is 1. The van der Waals surface area contributed by atoms with Gasteiger partial charge in [-0.05, 0) is 37.3 Å². The molecule has 2 saturated heterocycles. The summed E-state index contributed by atoms with van der Waals surface area (Å²) >= 11 is 0. The van der Waals surface area contributed by atoms with Gasteiger partial charge in [-0.1, -0.05) is 26.0 Å². The zero-order valence-corrected chi connectivity index (χ0v) is 17.3. The molecule has 0 spiro atoms. The minimum absolute atomic E-state index is 0.0514. The number of likely N-dealkylation sites (tertiary alicyclic amines) is 1. The zero-order chi connectivity index (χ0) is 19.5. The number of fused-ring (bicyclic) bond motifs is 1. The second-order valence-corrected chi connectivity index (χ2v) is 8.77. The lowest BCUT2D eigenvalue weighted by Gasteiger charge is -2.43. The van der Waals surface area contributed by atoms with E-state index in [1.807, 2.05) is 11.0 Å². The summed E-state index contributed by atoms with van der Waals surface area (Å²) in [5.74, 6) is 0.666. The van der Waals surface area contributed by atoms with Gasteiger partial charge in [-0.15, -0.1) is 0 Å². The van der Waals surface area contributed by atoms with Gasteiger partial charge in [0.1, 0.15) is 0 Å². The number of nitrogens with one attached hydrogen (secondary N) is 1. The fraction of sp³-hybridized carbons (Fsp3) is 0.682. The van der Waals surface area contributed by atoms with Crippen LogP contribution in [0.15, 0.2) is 24.3 Å². The fourth-order valence-corrected chi connectivity index (χ4v) is 4.86. The number of nitrogens with zero attached hydrogens (tertiary/aromatic N) is 3. The molecule has 0 aliphatic carbocycles. The smallest absolute Gasteiger partial charge is 0.322 e. The molecule has 1 atom stereocenters. The first-order valence-corrected chi connectivity index (χ1v) is 10.9. The van der Waals surface area contributed by atoms with Crippen molar-refractivity contribution in [2.75, 3.05) is 55.7 Å². The van der Waals surface area contributed by atoms with Crippen molar-refractivity contribution in [1.82, 2.24) is 10.2 Å². The van der Waals surface area contributed by atoms with Crippen LogP contribution in [0.1, 0.15) is 33.1 Å². The second kappa shape index (κ2) is 8.70. The SMILES string of the molecule is CC(C)CN1CC[C@@H](NC(=O)N2CCN(C3CCOCC3)c3ccccc32)C1. The molecule has 0 saturated carbocycles. The molecule has 154 valence electrons. The lowest BCUT2D eigenvalue weighted by atomic mass is 10.0. The highest BCUT2D eigenvalue weighted by atomic mass is 16.5. The average molecular weight is 387 g/mol. The molecular weight excluding hydrogens is 352 g/mol. The quantitative estimate of drug-likeness (QED) is 0.864. The van der Waals surface area contributed by atoms with Crippen LogP contribution in [0.25, 0.3) is 0 Å². The highest BCUT2D eigenvalue weighted by molar-refractivity contribution is 5.97. The largest absolute Gasteiger partial charge is 0.381 e. The van der Waals surface area contributed by atoms with E-state index in [0.717, 1.165) is 70.9 Å². The van der Waals surface area contributed by atoms with Crippen molar-refractivity contribution in [1.29, 1.82) is 0 Å². The Labute approximate surface area is 168 Å². The number of hydrogen-bond donors (Lipinski definition) is 1. The summed E-state index contributed by atoms with van der Waals surface area (Å²) in [6, 6.07) is 9.17. The van der Waals surface area contributed by atoms with Crippen molar-refractivity contribution >= 4 is 17.4 Å². The van der Waals surface area contributed by atoms with Crippen LogP contribution in [-0.4, -0.2) is 69.0 Å². The van der Waals surface area contributed by atoms with Gasteiger partial charge in [0, 0.05) is 58.0 Å². The maximum Gasteiger partial charge on any atom is 0.322 e. The van der Waals surface area contributed by atoms with E-state index >= 15 is 0 Å². The molecule has 1 N–H and O–H groups in total. The number of para-hydroxylation sites is 2. The average Bonchev–Trinajstić information content (AvgIpc) is 3.13. The van der Waals surface area contributed by atoms with Gasteiger partial charge in [-0.25, -0.2) is 4.79 Å². The summed E-state index contributed by atoms with van der Waals surface area (Å²) in [6.07, 6.45) is 3.17. The van der Waals surface area contributed by atoms with Gasteiger partial charge in [-0.2, -0.15) is 0 Å². The van der Waals surface area contributed by atoms with E-state index in [1.165, 1.54) is 5.69 Å². The molecule has 1 aromatic rings. The van der Waals surface area contributed by atoms with E-state index in [4.69, 9.17) is 4.74 Å². The van der Waals surface area contributed by atoms with E-state index in [0.29, 0.717) is 12.0 Å².